The Kier molecular flexibility index (Phi) is 2.50. The first-order chi connectivity index (χ1) is 7.40. The summed E-state index contributed by atoms with van der Waals surface area (Å²) < 4.78 is 0. The fourth-order valence-corrected chi connectivity index (χ4v) is 2.07. The third-order valence-corrected chi connectivity index (χ3v) is 2.79. The largest absolute Gasteiger partial charge is 0.354 e. The van der Waals surface area contributed by atoms with Crippen LogP contribution in [0.4, 0.5) is 0 Å². The molecule has 0 aliphatic carbocycles. The van der Waals surface area contributed by atoms with Crippen molar-refractivity contribution >= 4 is 27.9 Å². The van der Waals surface area contributed by atoms with Gasteiger partial charge in [0, 0.05) is 16.3 Å². The Bertz CT molecular complexity index is 650. The fraction of sp³-hybridized carbons (Fsp3) is 0. The van der Waals surface area contributed by atoms with Gasteiger partial charge in [-0.05, 0) is 11.6 Å². The van der Waals surface area contributed by atoms with Gasteiger partial charge in [0.15, 0.2) is 0 Å². The summed E-state index contributed by atoms with van der Waals surface area (Å²) >= 11 is 0. The summed E-state index contributed by atoms with van der Waals surface area (Å²) in [5, 5.41) is 2.54. The lowest BCUT2D eigenvalue weighted by atomic mass is 10.1. The average Bonchev–Trinajstić information content (AvgIpc) is 2.67. The maximum atomic E-state index is 3.83. The second-order valence-corrected chi connectivity index (χ2v) is 3.64. The number of H-pyrrole nitrogens is 1. The van der Waals surface area contributed by atoms with Crippen molar-refractivity contribution in [3.63, 3.8) is 0 Å². The van der Waals surface area contributed by atoms with Crippen LogP contribution >= 0.6 is 0 Å². The van der Waals surface area contributed by atoms with Gasteiger partial charge < -0.3 is 11.1 Å². The van der Waals surface area contributed by atoms with Gasteiger partial charge in [0.1, 0.15) is 0 Å². The quantitative estimate of drug-likeness (QED) is 0.623. The Hall–Kier alpha value is -2.06. The van der Waals surface area contributed by atoms with Gasteiger partial charge >= 0.3 is 0 Å². The van der Waals surface area contributed by atoms with Crippen molar-refractivity contribution in [3.8, 4) is 0 Å². The third kappa shape index (κ3) is 1.32. The van der Waals surface area contributed by atoms with Crippen LogP contribution < -0.4 is 6.15 Å². The molecular weight excluding hydrogens is 196 g/mol. The maximum absolute atomic E-state index is 3.83. The molecule has 0 amide bonds. The zero-order valence-corrected chi connectivity index (χ0v) is 9.03. The molecule has 0 aliphatic rings. The summed E-state index contributed by atoms with van der Waals surface area (Å²) in [7, 11) is 0. The van der Waals surface area contributed by atoms with Crippen molar-refractivity contribution < 1.29 is 0 Å². The molecule has 3 rings (SSSR count). The number of rotatable bonds is 1. The summed E-state index contributed by atoms with van der Waals surface area (Å²) in [6, 6.07) is 14.6. The van der Waals surface area contributed by atoms with E-state index in [9.17, 15) is 0 Å². The summed E-state index contributed by atoms with van der Waals surface area (Å²) in [4.78, 5) is 3.43. The van der Waals surface area contributed by atoms with Gasteiger partial charge in [-0.15, -0.1) is 0 Å². The Balaban J connectivity index is 0.000000963. The smallest absolute Gasteiger partial charge is 0.0538 e. The first-order valence-electron chi connectivity index (χ1n) is 5.02. The lowest BCUT2D eigenvalue weighted by molar-refractivity contribution is 1.53. The van der Waals surface area contributed by atoms with Crippen LogP contribution in [-0.2, 0) is 0 Å². The SMILES string of the molecule is C=Cc1cccc2c1[nH]c1ccccc12.N. The molecule has 2 aromatic carbocycles. The topological polar surface area (TPSA) is 50.8 Å². The number of para-hydroxylation sites is 2. The van der Waals surface area contributed by atoms with E-state index in [2.05, 4.69) is 48.0 Å². The lowest BCUT2D eigenvalue weighted by Gasteiger charge is -1.94. The molecule has 2 nitrogen and oxygen atoms in total. The number of aromatic nitrogens is 1. The van der Waals surface area contributed by atoms with Crippen LogP contribution in [-0.4, -0.2) is 4.98 Å². The monoisotopic (exact) mass is 210 g/mol. The van der Waals surface area contributed by atoms with Gasteiger partial charge in [-0.3, -0.25) is 0 Å². The molecule has 0 saturated carbocycles. The van der Waals surface area contributed by atoms with E-state index in [4.69, 9.17) is 0 Å². The minimum atomic E-state index is 0. The molecule has 0 fully saturated rings. The molecule has 0 spiro atoms. The van der Waals surface area contributed by atoms with Crippen LogP contribution in [0.25, 0.3) is 27.9 Å². The Morgan fingerprint density at radius 3 is 2.50 bits per heavy atom. The van der Waals surface area contributed by atoms with Crippen LogP contribution in [0.2, 0.25) is 0 Å². The molecular formula is C14H14N2. The van der Waals surface area contributed by atoms with Gasteiger partial charge in [-0.1, -0.05) is 49.1 Å². The Morgan fingerprint density at radius 1 is 0.938 bits per heavy atom. The number of aromatic amines is 1. The van der Waals surface area contributed by atoms with E-state index in [1.807, 2.05) is 12.1 Å². The summed E-state index contributed by atoms with van der Waals surface area (Å²) in [5.41, 5.74) is 3.51. The molecule has 0 radical (unpaired) electrons. The zero-order chi connectivity index (χ0) is 10.3. The Labute approximate surface area is 94.2 Å². The molecule has 1 heterocycles. The lowest BCUT2D eigenvalue weighted by Crippen LogP contribution is -1.73. The van der Waals surface area contributed by atoms with E-state index in [1.165, 1.54) is 21.8 Å². The highest BCUT2D eigenvalue weighted by molar-refractivity contribution is 6.09. The predicted octanol–water partition coefficient (Wildman–Crippen LogP) is 4.13. The molecule has 2 heteroatoms. The summed E-state index contributed by atoms with van der Waals surface area (Å²) in [6.07, 6.45) is 1.89. The standard InChI is InChI=1S/C14H11N.H3N/c1-2-10-6-5-8-12-11-7-3-4-9-13(11)15-14(10)12;/h2-9,15H,1H2;1H3. The van der Waals surface area contributed by atoms with E-state index >= 15 is 0 Å². The molecule has 0 unspecified atom stereocenters. The molecule has 16 heavy (non-hydrogen) atoms. The van der Waals surface area contributed by atoms with Gasteiger partial charge in [-0.25, -0.2) is 0 Å². The van der Waals surface area contributed by atoms with Gasteiger partial charge in [0.2, 0.25) is 0 Å². The highest BCUT2D eigenvalue weighted by Gasteiger charge is 2.04. The average molecular weight is 210 g/mol. The van der Waals surface area contributed by atoms with Crippen LogP contribution in [0.5, 0.6) is 0 Å². The van der Waals surface area contributed by atoms with Crippen LogP contribution in [0.15, 0.2) is 49.0 Å². The first-order valence-corrected chi connectivity index (χ1v) is 5.02. The first kappa shape index (κ1) is 10.5. The maximum Gasteiger partial charge on any atom is 0.0538 e. The number of benzene rings is 2. The van der Waals surface area contributed by atoms with Crippen LogP contribution in [0, 0.1) is 0 Å². The fourth-order valence-electron chi connectivity index (χ4n) is 2.07. The molecule has 0 bridgehead atoms. The second kappa shape index (κ2) is 3.83. The van der Waals surface area contributed by atoms with Crippen molar-refractivity contribution in [2.24, 2.45) is 0 Å². The number of hydrogen-bond donors (Lipinski definition) is 2. The summed E-state index contributed by atoms with van der Waals surface area (Å²) in [5.74, 6) is 0. The normalized spacial score (nSPS) is 10.2. The van der Waals surface area contributed by atoms with Crippen LogP contribution in [0.3, 0.4) is 0 Å². The number of nitrogens with one attached hydrogen (secondary N) is 1. The van der Waals surface area contributed by atoms with E-state index in [1.54, 1.807) is 0 Å². The van der Waals surface area contributed by atoms with Crippen molar-refractivity contribution in [1.82, 2.24) is 11.1 Å². The minimum absolute atomic E-state index is 0. The minimum Gasteiger partial charge on any atom is -0.354 e. The third-order valence-electron chi connectivity index (χ3n) is 2.79. The van der Waals surface area contributed by atoms with Crippen LogP contribution in [0.1, 0.15) is 5.56 Å². The van der Waals surface area contributed by atoms with E-state index in [0.29, 0.717) is 0 Å². The van der Waals surface area contributed by atoms with Crippen molar-refractivity contribution in [1.29, 1.82) is 0 Å². The predicted molar refractivity (Wildman–Crippen MR) is 70.9 cm³/mol. The number of fused-ring (bicyclic) bond motifs is 3. The molecule has 0 aliphatic heterocycles. The molecule has 0 atom stereocenters. The molecule has 3 aromatic rings. The summed E-state index contributed by atoms with van der Waals surface area (Å²) in [6.45, 7) is 3.83. The highest BCUT2D eigenvalue weighted by Crippen LogP contribution is 2.27. The zero-order valence-electron chi connectivity index (χ0n) is 9.03. The van der Waals surface area contributed by atoms with Crippen molar-refractivity contribution in [2.75, 3.05) is 0 Å². The van der Waals surface area contributed by atoms with E-state index in [0.717, 1.165) is 5.56 Å². The van der Waals surface area contributed by atoms with Gasteiger partial charge in [0.25, 0.3) is 0 Å². The Morgan fingerprint density at radius 2 is 1.69 bits per heavy atom. The highest BCUT2D eigenvalue weighted by atomic mass is 14.7. The molecule has 0 saturated heterocycles. The molecule has 1 aromatic heterocycles. The second-order valence-electron chi connectivity index (χ2n) is 3.64. The van der Waals surface area contributed by atoms with E-state index < -0.39 is 0 Å². The van der Waals surface area contributed by atoms with E-state index in [-0.39, 0.29) is 6.15 Å². The van der Waals surface area contributed by atoms with Gasteiger partial charge in [0.05, 0.1) is 5.52 Å². The molecule has 4 N–H and O–H groups in total. The molecule has 80 valence electrons. The number of hydrogen-bond acceptors (Lipinski definition) is 1. The van der Waals surface area contributed by atoms with Crippen molar-refractivity contribution in [2.45, 2.75) is 0 Å². The van der Waals surface area contributed by atoms with Gasteiger partial charge in [-0.2, -0.15) is 0 Å². The van der Waals surface area contributed by atoms with Crippen molar-refractivity contribution in [3.05, 3.63) is 54.6 Å².